The van der Waals surface area contributed by atoms with Crippen molar-refractivity contribution in [2.24, 2.45) is 0 Å². The Labute approximate surface area is 88.8 Å². The van der Waals surface area contributed by atoms with Gasteiger partial charge in [-0.2, -0.15) is 0 Å². The summed E-state index contributed by atoms with van der Waals surface area (Å²) >= 11 is -0.517. The van der Waals surface area contributed by atoms with Gasteiger partial charge in [0.2, 0.25) is 0 Å². The fourth-order valence-electron chi connectivity index (χ4n) is 1.21. The van der Waals surface area contributed by atoms with Gasteiger partial charge in [-0.3, -0.25) is 0 Å². The molecule has 0 spiro atoms. The molecule has 13 heavy (non-hydrogen) atoms. The first-order valence-corrected chi connectivity index (χ1v) is 7.18. The van der Waals surface area contributed by atoms with Crippen molar-refractivity contribution in [2.45, 2.75) is 0 Å². The molecule has 0 saturated carbocycles. The van der Waals surface area contributed by atoms with Crippen molar-refractivity contribution in [3.63, 3.8) is 0 Å². The summed E-state index contributed by atoms with van der Waals surface area (Å²) in [5.74, 6) is 0. The Morgan fingerprint density at radius 2 is 0.923 bits per heavy atom. The van der Waals surface area contributed by atoms with Gasteiger partial charge >= 0.3 is 89.0 Å². The van der Waals surface area contributed by atoms with Gasteiger partial charge < -0.3 is 0 Å². The third-order valence-corrected chi connectivity index (χ3v) is 5.39. The normalized spacial score (nSPS) is 9.23. The molecule has 0 heterocycles. The Bertz CT molecular complexity index is 316. The summed E-state index contributed by atoms with van der Waals surface area (Å²) in [6.07, 6.45) is 0. The topological polar surface area (TPSA) is 0 Å². The van der Waals surface area contributed by atoms with Gasteiger partial charge in [-0.25, -0.2) is 0 Å². The average molecular weight is 273 g/mol. The van der Waals surface area contributed by atoms with Gasteiger partial charge in [-0.15, -0.1) is 0 Å². The molecule has 0 nitrogen and oxygen atoms in total. The van der Waals surface area contributed by atoms with E-state index in [1.807, 2.05) is 0 Å². The molecule has 0 atom stereocenters. The molecule has 0 aromatic heterocycles. The molecule has 1 heteroatoms. The van der Waals surface area contributed by atoms with Gasteiger partial charge in [-0.05, 0) is 0 Å². The molecule has 2 aromatic carbocycles. The summed E-state index contributed by atoms with van der Waals surface area (Å²) in [6, 6.07) is 21.6. The zero-order valence-electron chi connectivity index (χ0n) is 7.27. The maximum atomic E-state index is 2.24. The van der Waals surface area contributed by atoms with Crippen LogP contribution >= 0.6 is 0 Å². The Morgan fingerprint density at radius 1 is 0.538 bits per heavy atom. The van der Waals surface area contributed by atoms with E-state index in [1.165, 1.54) is 7.16 Å². The van der Waals surface area contributed by atoms with Gasteiger partial charge in [-0.1, -0.05) is 0 Å². The molecule has 0 radical (unpaired) electrons. The van der Waals surface area contributed by atoms with Crippen molar-refractivity contribution < 1.29 is 0 Å². The third kappa shape index (κ3) is 2.59. The second-order valence-electron chi connectivity index (χ2n) is 2.86. The summed E-state index contributed by atoms with van der Waals surface area (Å²) in [7, 11) is 0. The SMILES string of the molecule is c1cc[c]([Sn+2][c]2ccccc2)cc1. The molecular formula is C12H10Sn+2. The molecule has 0 unspecified atom stereocenters. The van der Waals surface area contributed by atoms with E-state index in [9.17, 15) is 0 Å². The van der Waals surface area contributed by atoms with Crippen molar-refractivity contribution in [2.75, 3.05) is 0 Å². The monoisotopic (exact) mass is 274 g/mol. The van der Waals surface area contributed by atoms with E-state index >= 15 is 0 Å². The quantitative estimate of drug-likeness (QED) is 0.724. The molecule has 0 saturated heterocycles. The molecule has 60 valence electrons. The van der Waals surface area contributed by atoms with E-state index < -0.39 is 21.1 Å². The summed E-state index contributed by atoms with van der Waals surface area (Å²) in [6.45, 7) is 0. The molecule has 0 aliphatic rings. The molecule has 0 aliphatic heterocycles. The Morgan fingerprint density at radius 3 is 1.31 bits per heavy atom. The zero-order chi connectivity index (χ0) is 8.93. The first-order valence-electron chi connectivity index (χ1n) is 4.32. The van der Waals surface area contributed by atoms with Gasteiger partial charge in [0, 0.05) is 0 Å². The maximum absolute atomic E-state index is 2.24. The van der Waals surface area contributed by atoms with Crippen molar-refractivity contribution in [3.05, 3.63) is 60.7 Å². The van der Waals surface area contributed by atoms with Crippen LogP contribution in [-0.2, 0) is 0 Å². The van der Waals surface area contributed by atoms with Crippen LogP contribution in [0.25, 0.3) is 0 Å². The fourth-order valence-corrected chi connectivity index (χ4v) is 4.21. The van der Waals surface area contributed by atoms with Gasteiger partial charge in [0.15, 0.2) is 0 Å². The van der Waals surface area contributed by atoms with Crippen LogP contribution in [0.2, 0.25) is 0 Å². The van der Waals surface area contributed by atoms with Crippen LogP contribution in [0.5, 0.6) is 0 Å². The van der Waals surface area contributed by atoms with E-state index in [0.717, 1.165) is 0 Å². The summed E-state index contributed by atoms with van der Waals surface area (Å²) < 4.78 is 3.08. The van der Waals surface area contributed by atoms with Gasteiger partial charge in [0.25, 0.3) is 0 Å². The van der Waals surface area contributed by atoms with E-state index in [4.69, 9.17) is 0 Å². The standard InChI is InChI=1S/2C6H5.Sn/c2*1-2-4-6-5-3-1;/h2*1-5H;/q;;+2. The van der Waals surface area contributed by atoms with Crippen LogP contribution < -0.4 is 7.16 Å². The second-order valence-corrected chi connectivity index (χ2v) is 6.87. The van der Waals surface area contributed by atoms with Crippen molar-refractivity contribution >= 4 is 28.3 Å². The summed E-state index contributed by atoms with van der Waals surface area (Å²) in [5, 5.41) is 0. The predicted octanol–water partition coefficient (Wildman–Crippen LogP) is 1.34. The first-order chi connectivity index (χ1) is 6.45. The molecule has 0 fully saturated rings. The number of benzene rings is 2. The van der Waals surface area contributed by atoms with Crippen LogP contribution in [0, 0.1) is 0 Å². The van der Waals surface area contributed by atoms with Crippen molar-refractivity contribution in [3.8, 4) is 0 Å². The minimum absolute atomic E-state index is 0.517. The van der Waals surface area contributed by atoms with Crippen LogP contribution in [0.1, 0.15) is 0 Å². The molecule has 0 bridgehead atoms. The average Bonchev–Trinajstić information content (AvgIpc) is 2.21. The van der Waals surface area contributed by atoms with Crippen LogP contribution in [-0.4, -0.2) is 21.1 Å². The molecule has 2 aromatic rings. The first kappa shape index (κ1) is 8.82. The van der Waals surface area contributed by atoms with Crippen LogP contribution in [0.15, 0.2) is 60.7 Å². The molecular weight excluding hydrogens is 263 g/mol. The molecule has 0 aliphatic carbocycles. The Balaban J connectivity index is 2.16. The van der Waals surface area contributed by atoms with Crippen molar-refractivity contribution in [1.29, 1.82) is 0 Å². The van der Waals surface area contributed by atoms with Crippen LogP contribution in [0.3, 0.4) is 0 Å². The molecule has 0 N–H and O–H groups in total. The van der Waals surface area contributed by atoms with Crippen LogP contribution in [0.4, 0.5) is 0 Å². The minimum atomic E-state index is -0.517. The number of hydrogen-bond acceptors (Lipinski definition) is 0. The van der Waals surface area contributed by atoms with Gasteiger partial charge in [0.1, 0.15) is 0 Å². The summed E-state index contributed by atoms with van der Waals surface area (Å²) in [4.78, 5) is 0. The van der Waals surface area contributed by atoms with Crippen molar-refractivity contribution in [1.82, 2.24) is 0 Å². The van der Waals surface area contributed by atoms with E-state index in [2.05, 4.69) is 60.7 Å². The molecule has 2 rings (SSSR count). The summed E-state index contributed by atoms with van der Waals surface area (Å²) in [5.41, 5.74) is 0. The van der Waals surface area contributed by atoms with Gasteiger partial charge in [0.05, 0.1) is 0 Å². The Kier molecular flexibility index (Phi) is 3.03. The second kappa shape index (κ2) is 4.47. The molecule has 0 amide bonds. The number of rotatable bonds is 2. The van der Waals surface area contributed by atoms with E-state index in [0.29, 0.717) is 0 Å². The third-order valence-electron chi connectivity index (χ3n) is 1.84. The predicted molar refractivity (Wildman–Crippen MR) is 57.9 cm³/mol. The Hall–Kier alpha value is -0.761. The van der Waals surface area contributed by atoms with E-state index in [-0.39, 0.29) is 0 Å². The van der Waals surface area contributed by atoms with E-state index in [1.54, 1.807) is 0 Å². The fraction of sp³-hybridized carbons (Fsp3) is 0. The number of hydrogen-bond donors (Lipinski definition) is 0. The zero-order valence-corrected chi connectivity index (χ0v) is 10.1.